The zero-order valence-electron chi connectivity index (χ0n) is 41.2. The second-order valence-corrected chi connectivity index (χ2v) is 21.8. The van der Waals surface area contributed by atoms with E-state index in [-0.39, 0.29) is 16.2 Å². The van der Waals surface area contributed by atoms with Crippen molar-refractivity contribution in [3.63, 3.8) is 0 Å². The molecule has 3 aromatic heterocycles. The molecule has 0 aliphatic heterocycles. The van der Waals surface area contributed by atoms with Gasteiger partial charge in [0.2, 0.25) is 0 Å². The Bertz CT molecular complexity index is 4300. The molecule has 3 aliphatic carbocycles. The molecule has 0 radical (unpaired) electrons. The van der Waals surface area contributed by atoms with E-state index in [2.05, 4.69) is 228 Å². The normalized spacial score (nSPS) is 15.1. The lowest BCUT2D eigenvalue weighted by molar-refractivity contribution is 0.600. The molecular weight excluding hydrogens is 877 g/mol. The van der Waals surface area contributed by atoms with Crippen molar-refractivity contribution in [2.24, 2.45) is 0 Å². The van der Waals surface area contributed by atoms with Crippen LogP contribution in [0.1, 0.15) is 74.9 Å². The van der Waals surface area contributed by atoms with Crippen molar-refractivity contribution >= 4 is 60.9 Å². The first-order valence-electron chi connectivity index (χ1n) is 25.3. The van der Waals surface area contributed by atoms with Gasteiger partial charge in [0.25, 0.3) is 0 Å². The van der Waals surface area contributed by atoms with E-state index in [0.29, 0.717) is 0 Å². The lowest BCUT2D eigenvalue weighted by atomic mass is 9.72. The number of benzene rings is 9. The SMILES string of the molecule is CC1(C)c2cc(N(c3cccc(-c4ccccc4)c3)c3ccc4c(c3)C(C)(C)c3c5c(c6oc7ccccc7c6c3-4)-c3ccccc3C5(C)C)ccc2-c2c1cc(-c1ccccn1)c1oc3ccccc3c21. The average molecular weight is 927 g/mol. The topological polar surface area (TPSA) is 42.4 Å². The predicted octanol–water partition coefficient (Wildman–Crippen LogP) is 18.6. The molecule has 9 aromatic carbocycles. The van der Waals surface area contributed by atoms with Crippen molar-refractivity contribution in [2.45, 2.75) is 57.8 Å². The molecule has 0 fully saturated rings. The van der Waals surface area contributed by atoms with Gasteiger partial charge in [-0.05, 0) is 139 Å². The molecule has 0 amide bonds. The number of furan rings is 2. The highest BCUT2D eigenvalue weighted by molar-refractivity contribution is 6.21. The van der Waals surface area contributed by atoms with E-state index in [9.17, 15) is 0 Å². The fourth-order valence-electron chi connectivity index (χ4n) is 13.5. The molecule has 4 heteroatoms. The number of anilines is 3. The number of fused-ring (bicyclic) bond motifs is 19. The molecule has 0 bridgehead atoms. The van der Waals surface area contributed by atoms with Crippen molar-refractivity contribution in [3.05, 3.63) is 228 Å². The molecule has 3 aliphatic rings. The maximum atomic E-state index is 7.01. The average Bonchev–Trinajstić information content (AvgIpc) is 4.17. The van der Waals surface area contributed by atoms with Crippen molar-refractivity contribution < 1.29 is 8.83 Å². The summed E-state index contributed by atoms with van der Waals surface area (Å²) >= 11 is 0. The first-order valence-corrected chi connectivity index (χ1v) is 25.3. The van der Waals surface area contributed by atoms with Gasteiger partial charge in [-0.1, -0.05) is 163 Å². The Kier molecular flexibility index (Phi) is 8.23. The van der Waals surface area contributed by atoms with Gasteiger partial charge in [0, 0.05) is 72.2 Å². The van der Waals surface area contributed by atoms with Gasteiger partial charge in [-0.2, -0.15) is 0 Å². The van der Waals surface area contributed by atoms with E-state index >= 15 is 0 Å². The van der Waals surface area contributed by atoms with Crippen molar-refractivity contribution in [1.29, 1.82) is 0 Å². The quantitative estimate of drug-likeness (QED) is 0.172. The number of rotatable bonds is 5. The number of hydrogen-bond acceptors (Lipinski definition) is 4. The highest BCUT2D eigenvalue weighted by atomic mass is 16.3. The highest BCUT2D eigenvalue weighted by Gasteiger charge is 2.49. The van der Waals surface area contributed by atoms with E-state index < -0.39 is 0 Å². The van der Waals surface area contributed by atoms with Crippen molar-refractivity contribution in [3.8, 4) is 55.8 Å². The van der Waals surface area contributed by atoms with Crippen LogP contribution in [0.5, 0.6) is 0 Å². The highest BCUT2D eigenvalue weighted by Crippen LogP contribution is 2.64. The predicted molar refractivity (Wildman–Crippen MR) is 297 cm³/mol. The van der Waals surface area contributed by atoms with Crippen LogP contribution in [0.4, 0.5) is 17.1 Å². The van der Waals surface area contributed by atoms with Crippen LogP contribution in [0, 0.1) is 0 Å². The summed E-state index contributed by atoms with van der Waals surface area (Å²) in [5.74, 6) is 0. The Morgan fingerprint density at radius 1 is 0.375 bits per heavy atom. The Balaban J connectivity index is 0.964. The minimum atomic E-state index is -0.348. The third-order valence-corrected chi connectivity index (χ3v) is 16.8. The molecule has 12 aromatic rings. The lowest BCUT2D eigenvalue weighted by Crippen LogP contribution is -2.24. The number of nitrogens with zero attached hydrogens (tertiary/aromatic N) is 2. The smallest absolute Gasteiger partial charge is 0.145 e. The molecular formula is C68H50N2O2. The number of pyridine rings is 1. The van der Waals surface area contributed by atoms with Gasteiger partial charge in [0.05, 0.1) is 5.69 Å². The van der Waals surface area contributed by atoms with Gasteiger partial charge in [-0.15, -0.1) is 0 Å². The molecule has 0 N–H and O–H groups in total. The summed E-state index contributed by atoms with van der Waals surface area (Å²) in [5, 5.41) is 4.64. The molecule has 344 valence electrons. The molecule has 3 heterocycles. The molecule has 0 unspecified atom stereocenters. The minimum Gasteiger partial charge on any atom is -0.455 e. The Hall–Kier alpha value is -8.47. The second-order valence-electron chi connectivity index (χ2n) is 21.8. The molecule has 0 saturated carbocycles. The summed E-state index contributed by atoms with van der Waals surface area (Å²) in [6.45, 7) is 14.5. The van der Waals surface area contributed by atoms with E-state index in [1.165, 1.54) is 83.3 Å². The summed E-state index contributed by atoms with van der Waals surface area (Å²) in [6.07, 6.45) is 1.87. The van der Waals surface area contributed by atoms with Gasteiger partial charge in [-0.3, -0.25) is 4.98 Å². The Morgan fingerprint density at radius 2 is 0.931 bits per heavy atom. The van der Waals surface area contributed by atoms with E-state index in [1.54, 1.807) is 0 Å². The fourth-order valence-corrected chi connectivity index (χ4v) is 13.5. The third kappa shape index (κ3) is 5.39. The first kappa shape index (κ1) is 41.3. The maximum Gasteiger partial charge on any atom is 0.145 e. The Morgan fingerprint density at radius 3 is 1.65 bits per heavy atom. The lowest BCUT2D eigenvalue weighted by Gasteiger charge is -2.32. The number of para-hydroxylation sites is 2. The van der Waals surface area contributed by atoms with Gasteiger partial charge < -0.3 is 13.7 Å². The van der Waals surface area contributed by atoms with Gasteiger partial charge in [-0.25, -0.2) is 0 Å². The van der Waals surface area contributed by atoms with Gasteiger partial charge >= 0.3 is 0 Å². The zero-order chi connectivity index (χ0) is 48.4. The van der Waals surface area contributed by atoms with Crippen LogP contribution in [0.15, 0.2) is 203 Å². The summed E-state index contributed by atoms with van der Waals surface area (Å²) in [4.78, 5) is 7.35. The standard InChI is InChI=1S/C68H50N2O2/c1-66(2)51-36-42(30-32-45(51)57-53(66)38-49(54-27-16-17-34-69-54)64-59(57)47-24-11-14-28-55(47)71-64)70(41-22-18-21-40(35-41)39-19-8-7-9-20-39)43-31-33-46-52(37-43)68(5,6)62-58(46)60-48-25-12-15-29-56(48)72-65(60)61-44-23-10-13-26-50(44)67(3,4)63(61)62/h7-38H,1-6H3. The molecule has 0 spiro atoms. The number of hydrogen-bond donors (Lipinski definition) is 0. The number of aromatic nitrogens is 1. The van der Waals surface area contributed by atoms with Gasteiger partial charge in [0.15, 0.2) is 0 Å². The van der Waals surface area contributed by atoms with Crippen LogP contribution < -0.4 is 4.90 Å². The third-order valence-electron chi connectivity index (χ3n) is 16.8. The molecule has 15 rings (SSSR count). The molecule has 72 heavy (non-hydrogen) atoms. The minimum absolute atomic E-state index is 0.239. The van der Waals surface area contributed by atoms with Crippen LogP contribution in [0.2, 0.25) is 0 Å². The van der Waals surface area contributed by atoms with Crippen LogP contribution >= 0.6 is 0 Å². The molecule has 4 nitrogen and oxygen atoms in total. The zero-order valence-corrected chi connectivity index (χ0v) is 41.2. The second kappa shape index (κ2) is 14.3. The summed E-state index contributed by atoms with van der Waals surface area (Å²) < 4.78 is 13.8. The van der Waals surface area contributed by atoms with Crippen LogP contribution in [0.3, 0.4) is 0 Å². The van der Waals surface area contributed by atoms with E-state index in [0.717, 1.165) is 66.8 Å². The largest absolute Gasteiger partial charge is 0.455 e. The van der Waals surface area contributed by atoms with Crippen molar-refractivity contribution in [1.82, 2.24) is 4.98 Å². The molecule has 0 saturated heterocycles. The molecule has 0 atom stereocenters. The monoisotopic (exact) mass is 926 g/mol. The van der Waals surface area contributed by atoms with Crippen LogP contribution in [-0.4, -0.2) is 4.98 Å². The fraction of sp³-hybridized carbons (Fsp3) is 0.132. The van der Waals surface area contributed by atoms with Crippen LogP contribution in [0.25, 0.3) is 99.6 Å². The van der Waals surface area contributed by atoms with Crippen molar-refractivity contribution in [2.75, 3.05) is 4.90 Å². The first-order chi connectivity index (χ1) is 35.0. The van der Waals surface area contributed by atoms with Gasteiger partial charge in [0.1, 0.15) is 22.3 Å². The Labute approximate surface area is 418 Å². The van der Waals surface area contributed by atoms with E-state index in [4.69, 9.17) is 13.8 Å². The summed E-state index contributed by atoms with van der Waals surface area (Å²) in [6, 6.07) is 68.7. The summed E-state index contributed by atoms with van der Waals surface area (Å²) in [5.41, 5.74) is 25.9. The van der Waals surface area contributed by atoms with Crippen LogP contribution in [-0.2, 0) is 16.2 Å². The van der Waals surface area contributed by atoms with E-state index in [1.807, 2.05) is 12.3 Å². The summed E-state index contributed by atoms with van der Waals surface area (Å²) in [7, 11) is 0. The maximum absolute atomic E-state index is 7.01.